The van der Waals surface area contributed by atoms with E-state index in [0.717, 1.165) is 10.0 Å². The molecule has 1 nitrogen and oxygen atoms in total. The van der Waals surface area contributed by atoms with Crippen LogP contribution in [0.5, 0.6) is 0 Å². The molecule has 1 aliphatic rings. The molecule has 0 unspecified atom stereocenters. The second-order valence-electron chi connectivity index (χ2n) is 5.20. The van der Waals surface area contributed by atoms with Crippen molar-refractivity contribution in [3.63, 3.8) is 0 Å². The molecule has 1 aliphatic carbocycles. The predicted molar refractivity (Wildman–Crippen MR) is 85.6 cm³/mol. The van der Waals surface area contributed by atoms with Crippen LogP contribution >= 0.6 is 27.5 Å². The van der Waals surface area contributed by atoms with Gasteiger partial charge in [-0.15, -0.1) is 0 Å². The highest BCUT2D eigenvalue weighted by atomic mass is 79.9. The fraction of sp³-hybridized carbons (Fsp3) is 0.235. The minimum Gasteiger partial charge on any atom is -0.289 e. The minimum atomic E-state index is 0.0219. The molecule has 1 fully saturated rings. The highest BCUT2D eigenvalue weighted by Crippen LogP contribution is 2.36. The van der Waals surface area contributed by atoms with Gasteiger partial charge in [-0.25, -0.2) is 0 Å². The SMILES string of the molecule is O=C(c1ccc(C2CCC2)cc1)c1ccc(Cl)cc1Br. The lowest BCUT2D eigenvalue weighted by Gasteiger charge is -2.25. The van der Waals surface area contributed by atoms with E-state index in [2.05, 4.69) is 28.1 Å². The monoisotopic (exact) mass is 348 g/mol. The number of rotatable bonds is 3. The summed E-state index contributed by atoms with van der Waals surface area (Å²) in [5, 5.41) is 0.619. The lowest BCUT2D eigenvalue weighted by atomic mass is 9.80. The summed E-state index contributed by atoms with van der Waals surface area (Å²) < 4.78 is 0.734. The molecule has 0 atom stereocenters. The Morgan fingerprint density at radius 2 is 1.80 bits per heavy atom. The number of ketones is 1. The average Bonchev–Trinajstić information content (AvgIpc) is 2.37. The van der Waals surface area contributed by atoms with E-state index in [1.54, 1.807) is 18.2 Å². The Morgan fingerprint density at radius 1 is 1.10 bits per heavy atom. The molecule has 20 heavy (non-hydrogen) atoms. The van der Waals surface area contributed by atoms with Crippen LogP contribution in [0.4, 0.5) is 0 Å². The molecule has 3 heteroatoms. The van der Waals surface area contributed by atoms with Crippen molar-refractivity contribution < 1.29 is 4.79 Å². The molecule has 102 valence electrons. The topological polar surface area (TPSA) is 17.1 Å². The molecule has 3 rings (SSSR count). The van der Waals surface area contributed by atoms with Crippen LogP contribution in [0.1, 0.15) is 46.7 Å². The Hall–Kier alpha value is -1.12. The normalized spacial score (nSPS) is 14.9. The van der Waals surface area contributed by atoms with Crippen molar-refractivity contribution in [2.75, 3.05) is 0 Å². The molecule has 0 bridgehead atoms. The molecule has 0 aromatic heterocycles. The van der Waals surface area contributed by atoms with Crippen LogP contribution in [0.3, 0.4) is 0 Å². The number of carbonyl (C=O) groups is 1. The van der Waals surface area contributed by atoms with E-state index in [-0.39, 0.29) is 5.78 Å². The summed E-state index contributed by atoms with van der Waals surface area (Å²) in [7, 11) is 0. The third kappa shape index (κ3) is 2.68. The van der Waals surface area contributed by atoms with Gasteiger partial charge in [-0.2, -0.15) is 0 Å². The zero-order chi connectivity index (χ0) is 14.1. The second kappa shape index (κ2) is 5.71. The third-order valence-electron chi connectivity index (χ3n) is 3.93. The Bertz CT molecular complexity index is 645. The predicted octanol–water partition coefficient (Wildman–Crippen LogP) is 5.60. The van der Waals surface area contributed by atoms with E-state index in [4.69, 9.17) is 11.6 Å². The summed E-state index contributed by atoms with van der Waals surface area (Å²) in [6, 6.07) is 13.3. The van der Waals surface area contributed by atoms with Gasteiger partial charge in [-0.1, -0.05) is 42.3 Å². The highest BCUT2D eigenvalue weighted by molar-refractivity contribution is 9.10. The van der Waals surface area contributed by atoms with Crippen LogP contribution in [-0.2, 0) is 0 Å². The summed E-state index contributed by atoms with van der Waals surface area (Å²) in [6.07, 6.45) is 3.87. The molecule has 2 aromatic carbocycles. The van der Waals surface area contributed by atoms with Crippen molar-refractivity contribution in [3.8, 4) is 0 Å². The van der Waals surface area contributed by atoms with Crippen molar-refractivity contribution in [1.29, 1.82) is 0 Å². The van der Waals surface area contributed by atoms with Gasteiger partial charge in [0.15, 0.2) is 5.78 Å². The molecular formula is C17H14BrClO. The van der Waals surface area contributed by atoms with Crippen molar-refractivity contribution >= 4 is 33.3 Å². The van der Waals surface area contributed by atoms with Crippen LogP contribution in [0, 0.1) is 0 Å². The molecule has 1 saturated carbocycles. The largest absolute Gasteiger partial charge is 0.289 e. The van der Waals surface area contributed by atoms with E-state index in [1.807, 2.05) is 12.1 Å². The average molecular weight is 350 g/mol. The van der Waals surface area contributed by atoms with Gasteiger partial charge in [-0.05, 0) is 58.5 Å². The standard InChI is InChI=1S/C17H14BrClO/c18-16-10-14(19)8-9-15(16)17(20)13-6-4-12(5-7-13)11-2-1-3-11/h4-11H,1-3H2. The summed E-state index contributed by atoms with van der Waals surface area (Å²) >= 11 is 9.30. The van der Waals surface area contributed by atoms with Crippen molar-refractivity contribution in [1.82, 2.24) is 0 Å². The van der Waals surface area contributed by atoms with Gasteiger partial charge in [-0.3, -0.25) is 4.79 Å². The zero-order valence-electron chi connectivity index (χ0n) is 10.9. The molecule has 0 spiro atoms. The first kappa shape index (κ1) is 13.8. The van der Waals surface area contributed by atoms with Gasteiger partial charge < -0.3 is 0 Å². The van der Waals surface area contributed by atoms with Crippen LogP contribution in [0.2, 0.25) is 5.02 Å². The Morgan fingerprint density at radius 3 is 2.35 bits per heavy atom. The number of benzene rings is 2. The first-order chi connectivity index (χ1) is 9.65. The van der Waals surface area contributed by atoms with Gasteiger partial charge in [0, 0.05) is 20.6 Å². The molecule has 0 radical (unpaired) electrons. The molecule has 0 saturated heterocycles. The number of carbonyl (C=O) groups excluding carboxylic acids is 1. The zero-order valence-corrected chi connectivity index (χ0v) is 13.2. The molecule has 0 aliphatic heterocycles. The first-order valence-corrected chi connectivity index (χ1v) is 7.92. The minimum absolute atomic E-state index is 0.0219. The molecule has 2 aromatic rings. The van der Waals surface area contributed by atoms with Gasteiger partial charge >= 0.3 is 0 Å². The summed E-state index contributed by atoms with van der Waals surface area (Å²) in [6.45, 7) is 0. The highest BCUT2D eigenvalue weighted by Gasteiger charge is 2.20. The summed E-state index contributed by atoms with van der Waals surface area (Å²) in [5.74, 6) is 0.718. The Labute approximate surface area is 132 Å². The maximum atomic E-state index is 12.5. The van der Waals surface area contributed by atoms with E-state index in [0.29, 0.717) is 16.5 Å². The van der Waals surface area contributed by atoms with Gasteiger partial charge in [0.05, 0.1) is 0 Å². The maximum Gasteiger partial charge on any atom is 0.194 e. The molecular weight excluding hydrogens is 336 g/mol. The number of hydrogen-bond donors (Lipinski definition) is 0. The van der Waals surface area contributed by atoms with Crippen molar-refractivity contribution in [3.05, 3.63) is 68.7 Å². The van der Waals surface area contributed by atoms with Crippen LogP contribution < -0.4 is 0 Å². The van der Waals surface area contributed by atoms with Crippen molar-refractivity contribution in [2.24, 2.45) is 0 Å². The first-order valence-electron chi connectivity index (χ1n) is 6.75. The molecule has 0 amide bonds. The van der Waals surface area contributed by atoms with Crippen LogP contribution in [0.25, 0.3) is 0 Å². The molecule has 0 heterocycles. The third-order valence-corrected chi connectivity index (χ3v) is 4.82. The van der Waals surface area contributed by atoms with E-state index in [1.165, 1.54) is 24.8 Å². The fourth-order valence-corrected chi connectivity index (χ4v) is 3.34. The van der Waals surface area contributed by atoms with Gasteiger partial charge in [0.25, 0.3) is 0 Å². The van der Waals surface area contributed by atoms with Gasteiger partial charge in [0.2, 0.25) is 0 Å². The summed E-state index contributed by atoms with van der Waals surface area (Å²) in [4.78, 5) is 12.5. The lowest BCUT2D eigenvalue weighted by molar-refractivity contribution is 0.103. The second-order valence-corrected chi connectivity index (χ2v) is 6.49. The van der Waals surface area contributed by atoms with E-state index in [9.17, 15) is 4.79 Å². The quantitative estimate of drug-likeness (QED) is 0.659. The lowest BCUT2D eigenvalue weighted by Crippen LogP contribution is -2.09. The van der Waals surface area contributed by atoms with Crippen LogP contribution in [0.15, 0.2) is 46.9 Å². The smallest absolute Gasteiger partial charge is 0.194 e. The number of hydrogen-bond acceptors (Lipinski definition) is 1. The van der Waals surface area contributed by atoms with Crippen LogP contribution in [-0.4, -0.2) is 5.78 Å². The maximum absolute atomic E-state index is 12.5. The van der Waals surface area contributed by atoms with Crippen molar-refractivity contribution in [2.45, 2.75) is 25.2 Å². The van der Waals surface area contributed by atoms with E-state index < -0.39 is 0 Å². The molecule has 0 N–H and O–H groups in total. The van der Waals surface area contributed by atoms with E-state index >= 15 is 0 Å². The summed E-state index contributed by atoms with van der Waals surface area (Å²) in [5.41, 5.74) is 2.71. The number of halogens is 2. The van der Waals surface area contributed by atoms with Gasteiger partial charge in [0.1, 0.15) is 0 Å². The fourth-order valence-electron chi connectivity index (χ4n) is 2.48. The Kier molecular flexibility index (Phi) is 3.95. The Balaban J connectivity index is 1.86.